The number of nitrogens with one attached hydrogen (secondary N) is 3. The highest BCUT2D eigenvalue weighted by Gasteiger charge is 2.29. The Kier molecular flexibility index (Phi) is 14.3. The van der Waals surface area contributed by atoms with Crippen LogP contribution in [0, 0.1) is 12.8 Å². The number of likely N-dealkylation sites (tertiary alicyclic amines) is 1. The zero-order valence-electron chi connectivity index (χ0n) is 28.1. The number of nitrogens with two attached hydrogens (primary N) is 1. The van der Waals surface area contributed by atoms with E-state index in [0.717, 1.165) is 41.7 Å². The second-order valence-corrected chi connectivity index (χ2v) is 13.0. The Bertz CT molecular complexity index is 1330. The van der Waals surface area contributed by atoms with Crippen LogP contribution >= 0.6 is 0 Å². The highest BCUT2D eigenvalue weighted by Crippen LogP contribution is 2.22. The predicted molar refractivity (Wildman–Crippen MR) is 179 cm³/mol. The van der Waals surface area contributed by atoms with Gasteiger partial charge in [-0.25, -0.2) is 14.4 Å². The number of carboxylic acids is 1. The average Bonchev–Trinajstić information content (AvgIpc) is 3.02. The minimum atomic E-state index is -1.18. The summed E-state index contributed by atoms with van der Waals surface area (Å²) in [6.45, 7) is 9.37. The molecule has 2 aromatic rings. The van der Waals surface area contributed by atoms with Gasteiger partial charge in [0.25, 0.3) is 0 Å². The maximum Gasteiger partial charge on any atom is 0.408 e. The van der Waals surface area contributed by atoms with E-state index in [0.29, 0.717) is 32.7 Å². The van der Waals surface area contributed by atoms with Crippen molar-refractivity contribution in [3.05, 3.63) is 65.2 Å². The third kappa shape index (κ3) is 13.1. The van der Waals surface area contributed by atoms with Gasteiger partial charge in [0, 0.05) is 26.2 Å². The van der Waals surface area contributed by atoms with Gasteiger partial charge in [-0.05, 0) is 101 Å². The first-order valence-corrected chi connectivity index (χ1v) is 16.4. The van der Waals surface area contributed by atoms with Crippen LogP contribution in [0.5, 0.6) is 5.75 Å². The maximum atomic E-state index is 13.3. The Morgan fingerprint density at radius 2 is 1.79 bits per heavy atom. The maximum absolute atomic E-state index is 13.3. The molecule has 1 aliphatic heterocycles. The van der Waals surface area contributed by atoms with E-state index in [2.05, 4.69) is 16.0 Å². The highest BCUT2D eigenvalue weighted by atomic mass is 16.6. The van der Waals surface area contributed by atoms with Crippen molar-refractivity contribution >= 4 is 24.0 Å². The molecule has 0 saturated carbocycles. The molecule has 47 heavy (non-hydrogen) atoms. The number of carbonyl (C=O) groups excluding carboxylic acids is 3. The first kappa shape index (κ1) is 37.1. The van der Waals surface area contributed by atoms with Crippen LogP contribution in [0.3, 0.4) is 0 Å². The summed E-state index contributed by atoms with van der Waals surface area (Å²) in [6, 6.07) is 12.7. The SMILES string of the molecule is Cc1ccc(OCCC2CCCN(C(=O)NCC[C@H](NC(=O)OC(C)(C)C)C(=O)N[C@@H](CCc3ccccc3)C(=O)O)C2)cc1CN. The molecule has 12 nitrogen and oxygen atoms in total. The van der Waals surface area contributed by atoms with Crippen LogP contribution in [0.15, 0.2) is 48.5 Å². The van der Waals surface area contributed by atoms with Crippen molar-refractivity contribution in [3.8, 4) is 5.75 Å². The number of alkyl carbamates (subject to hydrolysis) is 1. The fourth-order valence-electron chi connectivity index (χ4n) is 5.43. The number of amides is 4. The van der Waals surface area contributed by atoms with Gasteiger partial charge >= 0.3 is 18.1 Å². The fourth-order valence-corrected chi connectivity index (χ4v) is 5.43. The van der Waals surface area contributed by atoms with Crippen LogP contribution in [0.1, 0.15) is 69.6 Å². The van der Waals surface area contributed by atoms with Gasteiger partial charge in [-0.3, -0.25) is 4.79 Å². The average molecular weight is 654 g/mol. The molecule has 0 aliphatic carbocycles. The second kappa shape index (κ2) is 18.1. The van der Waals surface area contributed by atoms with Crippen LogP contribution in [0.25, 0.3) is 0 Å². The zero-order valence-corrected chi connectivity index (χ0v) is 28.1. The number of benzene rings is 2. The van der Waals surface area contributed by atoms with Gasteiger partial charge in [-0.1, -0.05) is 36.4 Å². The fraction of sp³-hybridized carbons (Fsp3) is 0.543. The Labute approximate surface area is 277 Å². The van der Waals surface area contributed by atoms with Crippen molar-refractivity contribution in [2.75, 3.05) is 26.2 Å². The number of ether oxygens (including phenoxy) is 2. The smallest absolute Gasteiger partial charge is 0.408 e. The lowest BCUT2D eigenvalue weighted by molar-refractivity contribution is -0.142. The van der Waals surface area contributed by atoms with Crippen LogP contribution in [-0.4, -0.2) is 77.9 Å². The van der Waals surface area contributed by atoms with E-state index in [9.17, 15) is 24.3 Å². The number of rotatable bonds is 15. The third-order valence-corrected chi connectivity index (χ3v) is 8.04. The minimum Gasteiger partial charge on any atom is -0.494 e. The van der Waals surface area contributed by atoms with E-state index >= 15 is 0 Å². The monoisotopic (exact) mass is 653 g/mol. The molecule has 2 aromatic carbocycles. The molecule has 258 valence electrons. The van der Waals surface area contributed by atoms with Crippen LogP contribution in [0.4, 0.5) is 9.59 Å². The molecule has 1 unspecified atom stereocenters. The standard InChI is InChI=1S/C35H51N5O7/c1-24-12-14-28(21-27(24)22-36)46-20-17-26-11-8-19-40(23-26)33(44)37-18-16-29(39-34(45)47-35(2,3)4)31(41)38-30(32(42)43)15-13-25-9-6-5-7-10-25/h5-7,9-10,12,14,21,26,29-30H,8,11,13,15-20,22-23,36H2,1-4H3,(H,37,44)(H,38,41)(H,39,45)(H,42,43)/t26?,29-,30-/m0/s1. The Morgan fingerprint density at radius 1 is 1.04 bits per heavy atom. The summed E-state index contributed by atoms with van der Waals surface area (Å²) in [6.07, 6.45) is 2.49. The van der Waals surface area contributed by atoms with Gasteiger partial charge in [-0.15, -0.1) is 0 Å². The predicted octanol–water partition coefficient (Wildman–Crippen LogP) is 4.13. The van der Waals surface area contributed by atoms with Crippen LogP contribution in [0.2, 0.25) is 0 Å². The summed E-state index contributed by atoms with van der Waals surface area (Å²) in [5, 5.41) is 17.7. The lowest BCUT2D eigenvalue weighted by atomic mass is 9.95. The number of aryl methyl sites for hydroxylation is 2. The number of piperidine rings is 1. The van der Waals surface area contributed by atoms with Crippen molar-refractivity contribution in [1.29, 1.82) is 0 Å². The van der Waals surface area contributed by atoms with Crippen molar-refractivity contribution in [2.45, 2.75) is 90.4 Å². The number of urea groups is 1. The molecule has 0 aromatic heterocycles. The quantitative estimate of drug-likeness (QED) is 0.191. The van der Waals surface area contributed by atoms with E-state index in [4.69, 9.17) is 15.2 Å². The minimum absolute atomic E-state index is 0.0360. The number of hydrogen-bond donors (Lipinski definition) is 5. The molecule has 12 heteroatoms. The van der Waals surface area contributed by atoms with E-state index < -0.39 is 35.7 Å². The molecule has 6 N–H and O–H groups in total. The second-order valence-electron chi connectivity index (χ2n) is 13.0. The number of carboxylic acid groups (broad SMARTS) is 1. The van der Waals surface area contributed by atoms with Crippen LogP contribution in [-0.2, 0) is 27.3 Å². The molecular formula is C35H51N5O7. The summed E-state index contributed by atoms with van der Waals surface area (Å²) in [5.41, 5.74) is 8.13. The molecular weight excluding hydrogens is 602 g/mol. The largest absolute Gasteiger partial charge is 0.494 e. The van der Waals surface area contributed by atoms with Gasteiger partial charge in [0.05, 0.1) is 6.61 Å². The first-order valence-electron chi connectivity index (χ1n) is 16.4. The van der Waals surface area contributed by atoms with Gasteiger partial charge < -0.3 is 41.2 Å². The molecule has 4 amide bonds. The van der Waals surface area contributed by atoms with E-state index in [-0.39, 0.29) is 31.3 Å². The number of nitrogens with zero attached hydrogens (tertiary/aromatic N) is 1. The lowest BCUT2D eigenvalue weighted by Crippen LogP contribution is -2.53. The summed E-state index contributed by atoms with van der Waals surface area (Å²) >= 11 is 0. The van der Waals surface area contributed by atoms with Crippen molar-refractivity contribution in [1.82, 2.24) is 20.9 Å². The zero-order chi connectivity index (χ0) is 34.4. The molecule has 0 bridgehead atoms. The van der Waals surface area contributed by atoms with E-state index in [1.807, 2.05) is 55.5 Å². The molecule has 1 saturated heterocycles. The Morgan fingerprint density at radius 3 is 2.47 bits per heavy atom. The normalized spacial score (nSPS) is 16.0. The molecule has 1 fully saturated rings. The number of carbonyl (C=O) groups is 4. The summed E-state index contributed by atoms with van der Waals surface area (Å²) < 4.78 is 11.3. The summed E-state index contributed by atoms with van der Waals surface area (Å²) in [5.74, 6) is -0.783. The van der Waals surface area contributed by atoms with Gasteiger partial charge in [0.2, 0.25) is 5.91 Å². The molecule has 0 spiro atoms. The van der Waals surface area contributed by atoms with Gasteiger partial charge in [0.15, 0.2) is 0 Å². The molecule has 3 atom stereocenters. The highest BCUT2D eigenvalue weighted by molar-refractivity contribution is 5.89. The Balaban J connectivity index is 1.52. The first-order chi connectivity index (χ1) is 22.3. The van der Waals surface area contributed by atoms with Gasteiger partial charge in [0.1, 0.15) is 23.4 Å². The summed E-state index contributed by atoms with van der Waals surface area (Å²) in [4.78, 5) is 52.6. The molecule has 1 aliphatic rings. The lowest BCUT2D eigenvalue weighted by Gasteiger charge is -2.33. The van der Waals surface area contributed by atoms with Crippen LogP contribution < -0.4 is 26.4 Å². The van der Waals surface area contributed by atoms with E-state index in [1.165, 1.54) is 0 Å². The van der Waals surface area contributed by atoms with Crippen molar-refractivity contribution in [3.63, 3.8) is 0 Å². The molecule has 1 heterocycles. The third-order valence-electron chi connectivity index (χ3n) is 8.04. The number of aliphatic carboxylic acids is 1. The summed E-state index contributed by atoms with van der Waals surface area (Å²) in [7, 11) is 0. The topological polar surface area (TPSA) is 172 Å². The number of hydrogen-bond acceptors (Lipinski definition) is 7. The van der Waals surface area contributed by atoms with Crippen molar-refractivity contribution in [2.24, 2.45) is 11.7 Å². The van der Waals surface area contributed by atoms with E-state index in [1.54, 1.807) is 25.7 Å². The van der Waals surface area contributed by atoms with Gasteiger partial charge in [-0.2, -0.15) is 0 Å². The van der Waals surface area contributed by atoms with Crippen molar-refractivity contribution < 1.29 is 33.8 Å². The molecule has 0 radical (unpaired) electrons. The molecule has 3 rings (SSSR count). The Hall–Kier alpha value is -4.32.